The minimum atomic E-state index is -0.114. The van der Waals surface area contributed by atoms with Crippen LogP contribution in [0.1, 0.15) is 18.4 Å². The van der Waals surface area contributed by atoms with Gasteiger partial charge in [0.05, 0.1) is 11.7 Å². The van der Waals surface area contributed by atoms with E-state index in [1.54, 1.807) is 4.68 Å². The summed E-state index contributed by atoms with van der Waals surface area (Å²) in [6.45, 7) is 1.69. The topological polar surface area (TPSA) is 75.9 Å². The second kappa shape index (κ2) is 8.58. The zero-order chi connectivity index (χ0) is 19.2. The number of likely N-dealkylation sites (tertiary alicyclic amines) is 1. The Balaban J connectivity index is 1.38. The molecular weight excluding hydrogens is 352 g/mol. The molecule has 28 heavy (non-hydrogen) atoms. The van der Waals surface area contributed by atoms with Crippen molar-refractivity contribution in [3.8, 4) is 5.69 Å². The van der Waals surface area contributed by atoms with Crippen LogP contribution >= 0.6 is 0 Å². The summed E-state index contributed by atoms with van der Waals surface area (Å²) < 4.78 is 1.56. The van der Waals surface area contributed by atoms with E-state index in [1.165, 1.54) is 11.9 Å². The Bertz CT molecular complexity index is 939. The van der Waals surface area contributed by atoms with Gasteiger partial charge < -0.3 is 5.32 Å². The first kappa shape index (κ1) is 18.1. The lowest BCUT2D eigenvalue weighted by molar-refractivity contribution is -0.120. The van der Waals surface area contributed by atoms with Crippen LogP contribution in [0.2, 0.25) is 0 Å². The molecule has 0 unspecified atom stereocenters. The second-order valence-corrected chi connectivity index (χ2v) is 6.76. The number of aromatic nitrogens is 4. The molecule has 0 bridgehead atoms. The second-order valence-electron chi connectivity index (χ2n) is 6.76. The van der Waals surface area contributed by atoms with Crippen LogP contribution in [-0.2, 0) is 4.79 Å². The zero-order valence-electron chi connectivity index (χ0n) is 15.5. The van der Waals surface area contributed by atoms with Crippen LogP contribution in [0.5, 0.6) is 0 Å². The summed E-state index contributed by atoms with van der Waals surface area (Å²) in [5.41, 5.74) is 2.71. The Kier molecular flexibility index (Phi) is 5.53. The maximum absolute atomic E-state index is 12.8. The minimum Gasteiger partial charge on any atom is -0.325 e. The van der Waals surface area contributed by atoms with Gasteiger partial charge in [-0.15, -0.1) is 5.10 Å². The number of carbonyl (C=O) groups excluding carboxylic acids is 1. The van der Waals surface area contributed by atoms with Gasteiger partial charge in [-0.05, 0) is 53.6 Å². The molecule has 0 aliphatic carbocycles. The summed E-state index contributed by atoms with van der Waals surface area (Å²) in [5.74, 6) is 0.0273. The highest BCUT2D eigenvalue weighted by molar-refractivity contribution is 5.95. The highest BCUT2D eigenvalue weighted by Crippen LogP contribution is 2.20. The Hall–Kier alpha value is -3.32. The lowest BCUT2D eigenvalue weighted by Crippen LogP contribution is -2.39. The molecule has 1 aliphatic rings. The van der Waals surface area contributed by atoms with Crippen LogP contribution in [0.3, 0.4) is 0 Å². The molecule has 0 spiro atoms. The first-order valence-corrected chi connectivity index (χ1v) is 9.39. The quantitative estimate of drug-likeness (QED) is 0.718. The summed E-state index contributed by atoms with van der Waals surface area (Å²) in [7, 11) is 0. The molecule has 1 aliphatic heterocycles. The number of hydrogen-bond donors (Lipinski definition) is 1. The first-order chi connectivity index (χ1) is 13.8. The number of carbonyl (C=O) groups is 1. The van der Waals surface area contributed by atoms with Gasteiger partial charge in [0.25, 0.3) is 0 Å². The number of hydrogen-bond acceptors (Lipinski definition) is 5. The van der Waals surface area contributed by atoms with E-state index in [9.17, 15) is 4.79 Å². The SMILES string of the molecule is O=C(Nc1cccc(-n2cnnn2)c1)[C@H]1CCCN1C/C=C/c1ccccc1. The number of benzene rings is 2. The Morgan fingerprint density at radius 3 is 2.89 bits per heavy atom. The van der Waals surface area contributed by atoms with E-state index < -0.39 is 0 Å². The molecule has 1 aromatic heterocycles. The van der Waals surface area contributed by atoms with Crippen molar-refractivity contribution in [3.05, 3.63) is 72.6 Å². The molecule has 1 saturated heterocycles. The summed E-state index contributed by atoms with van der Waals surface area (Å²) in [4.78, 5) is 15.1. The molecule has 3 aromatic rings. The molecule has 142 valence electrons. The molecule has 0 radical (unpaired) electrons. The van der Waals surface area contributed by atoms with Crippen LogP contribution in [-0.4, -0.2) is 50.1 Å². The molecule has 7 nitrogen and oxygen atoms in total. The number of nitrogens with one attached hydrogen (secondary N) is 1. The average molecular weight is 374 g/mol. The van der Waals surface area contributed by atoms with E-state index in [2.05, 4.69) is 50.0 Å². The van der Waals surface area contributed by atoms with Crippen LogP contribution in [0.15, 0.2) is 67.0 Å². The third kappa shape index (κ3) is 4.32. The van der Waals surface area contributed by atoms with Crippen molar-refractivity contribution in [1.29, 1.82) is 0 Å². The first-order valence-electron chi connectivity index (χ1n) is 9.39. The van der Waals surface area contributed by atoms with E-state index in [0.29, 0.717) is 0 Å². The number of rotatable bonds is 6. The van der Waals surface area contributed by atoms with Gasteiger partial charge in [0.1, 0.15) is 6.33 Å². The largest absolute Gasteiger partial charge is 0.325 e. The maximum atomic E-state index is 12.8. The summed E-state index contributed by atoms with van der Waals surface area (Å²) >= 11 is 0. The van der Waals surface area contributed by atoms with Crippen LogP contribution in [0.25, 0.3) is 11.8 Å². The summed E-state index contributed by atoms with van der Waals surface area (Å²) in [6, 6.07) is 17.6. The molecule has 1 atom stereocenters. The zero-order valence-corrected chi connectivity index (χ0v) is 15.5. The molecule has 2 heterocycles. The minimum absolute atomic E-state index is 0.0273. The fraction of sp³-hybridized carbons (Fsp3) is 0.238. The number of amides is 1. The van der Waals surface area contributed by atoms with E-state index in [4.69, 9.17) is 0 Å². The Morgan fingerprint density at radius 1 is 1.18 bits per heavy atom. The third-order valence-corrected chi connectivity index (χ3v) is 4.84. The van der Waals surface area contributed by atoms with E-state index >= 15 is 0 Å². The number of tetrazole rings is 1. The van der Waals surface area contributed by atoms with Gasteiger partial charge in [0.2, 0.25) is 5.91 Å². The Labute approximate surface area is 163 Å². The predicted molar refractivity (Wildman–Crippen MR) is 108 cm³/mol. The van der Waals surface area contributed by atoms with Gasteiger partial charge >= 0.3 is 0 Å². The fourth-order valence-corrected chi connectivity index (χ4v) is 3.46. The van der Waals surface area contributed by atoms with Gasteiger partial charge in [-0.3, -0.25) is 9.69 Å². The van der Waals surface area contributed by atoms with Gasteiger partial charge in [-0.1, -0.05) is 48.6 Å². The van der Waals surface area contributed by atoms with Gasteiger partial charge in [0, 0.05) is 12.2 Å². The fourth-order valence-electron chi connectivity index (χ4n) is 3.46. The van der Waals surface area contributed by atoms with Crippen molar-refractivity contribution in [2.24, 2.45) is 0 Å². The summed E-state index contributed by atoms with van der Waals surface area (Å²) in [5, 5.41) is 14.2. The number of anilines is 1. The summed E-state index contributed by atoms with van der Waals surface area (Å²) in [6.07, 6.45) is 7.65. The Morgan fingerprint density at radius 2 is 2.07 bits per heavy atom. The van der Waals surface area contributed by atoms with E-state index in [0.717, 1.165) is 37.3 Å². The number of nitrogens with zero attached hydrogens (tertiary/aromatic N) is 5. The lowest BCUT2D eigenvalue weighted by atomic mass is 10.2. The van der Waals surface area contributed by atoms with Crippen molar-refractivity contribution < 1.29 is 4.79 Å². The molecular formula is C21H22N6O. The molecule has 4 rings (SSSR count). The standard InChI is InChI=1S/C21H22N6O/c28-21(23-18-10-4-11-19(15-18)27-16-22-24-25-27)20-12-6-14-26(20)13-5-9-17-7-2-1-3-8-17/h1-5,7-11,15-16,20H,6,12-14H2,(H,23,28)/b9-5+/t20-/m1/s1. The smallest absolute Gasteiger partial charge is 0.241 e. The maximum Gasteiger partial charge on any atom is 0.241 e. The van der Waals surface area contributed by atoms with Gasteiger partial charge in [-0.2, -0.15) is 0 Å². The van der Waals surface area contributed by atoms with Crippen LogP contribution < -0.4 is 5.32 Å². The lowest BCUT2D eigenvalue weighted by Gasteiger charge is -2.22. The van der Waals surface area contributed by atoms with Crippen molar-refractivity contribution in [1.82, 2.24) is 25.1 Å². The van der Waals surface area contributed by atoms with Gasteiger partial charge in [-0.25, -0.2) is 4.68 Å². The molecule has 7 heteroatoms. The highest BCUT2D eigenvalue weighted by atomic mass is 16.2. The molecule has 0 saturated carbocycles. The highest BCUT2D eigenvalue weighted by Gasteiger charge is 2.29. The third-order valence-electron chi connectivity index (χ3n) is 4.84. The molecule has 1 N–H and O–H groups in total. The van der Waals surface area contributed by atoms with Crippen molar-refractivity contribution in [2.75, 3.05) is 18.4 Å². The van der Waals surface area contributed by atoms with Crippen molar-refractivity contribution in [2.45, 2.75) is 18.9 Å². The van der Waals surface area contributed by atoms with Crippen molar-refractivity contribution in [3.63, 3.8) is 0 Å². The van der Waals surface area contributed by atoms with Crippen molar-refractivity contribution >= 4 is 17.7 Å². The van der Waals surface area contributed by atoms with E-state index in [1.807, 2.05) is 42.5 Å². The van der Waals surface area contributed by atoms with Gasteiger partial charge in [0.15, 0.2) is 0 Å². The van der Waals surface area contributed by atoms with Crippen LogP contribution in [0.4, 0.5) is 5.69 Å². The predicted octanol–water partition coefficient (Wildman–Crippen LogP) is 2.78. The normalized spacial score (nSPS) is 17.2. The molecule has 1 amide bonds. The van der Waals surface area contributed by atoms with Crippen LogP contribution in [0, 0.1) is 0 Å². The molecule has 2 aromatic carbocycles. The average Bonchev–Trinajstić information content (AvgIpc) is 3.41. The van der Waals surface area contributed by atoms with E-state index in [-0.39, 0.29) is 11.9 Å². The monoisotopic (exact) mass is 374 g/mol. The molecule has 1 fully saturated rings.